The van der Waals surface area contributed by atoms with Crippen LogP contribution in [-0.4, -0.2) is 28.9 Å². The molecule has 0 aliphatic heterocycles. The molecule has 0 fully saturated rings. The lowest BCUT2D eigenvalue weighted by Gasteiger charge is -2.13. The van der Waals surface area contributed by atoms with E-state index in [0.717, 1.165) is 32.5 Å². The molecule has 0 N–H and O–H groups in total. The average molecular weight is 429 g/mol. The summed E-state index contributed by atoms with van der Waals surface area (Å²) in [5.41, 5.74) is 3.47. The summed E-state index contributed by atoms with van der Waals surface area (Å²) >= 11 is 5.16. The smallest absolute Gasteiger partial charge is 0.192 e. The zero-order valence-corrected chi connectivity index (χ0v) is 17.3. The number of hydrogen-bond donors (Lipinski definition) is 0. The second kappa shape index (κ2) is 8.56. The maximum absolute atomic E-state index is 4.43. The van der Waals surface area contributed by atoms with Crippen LogP contribution < -0.4 is 4.90 Å². The fraction of sp³-hybridized carbons (Fsp3) is 0.200. The number of halogens is 1. The summed E-state index contributed by atoms with van der Waals surface area (Å²) in [4.78, 5) is 2.08. The van der Waals surface area contributed by atoms with E-state index in [1.54, 1.807) is 11.8 Å². The molecule has 3 aromatic rings. The van der Waals surface area contributed by atoms with E-state index in [2.05, 4.69) is 90.7 Å². The molecule has 0 aliphatic carbocycles. The topological polar surface area (TPSA) is 34.0 Å². The highest BCUT2D eigenvalue weighted by atomic mass is 79.9. The normalized spacial score (nSPS) is 10.7. The fourth-order valence-corrected chi connectivity index (χ4v) is 3.71. The molecule has 0 bridgehead atoms. The molecular formula is C20H21BrN4S. The van der Waals surface area contributed by atoms with Gasteiger partial charge in [0.25, 0.3) is 0 Å². The number of allylic oxidation sites excluding steroid dienone is 1. The van der Waals surface area contributed by atoms with Crippen LogP contribution in [0.15, 0.2) is 70.8 Å². The van der Waals surface area contributed by atoms with Crippen LogP contribution in [0.2, 0.25) is 0 Å². The van der Waals surface area contributed by atoms with E-state index in [-0.39, 0.29) is 0 Å². The van der Waals surface area contributed by atoms with Crippen molar-refractivity contribution in [2.24, 2.45) is 0 Å². The summed E-state index contributed by atoms with van der Waals surface area (Å²) < 4.78 is 3.20. The third-order valence-corrected chi connectivity index (χ3v) is 5.52. The van der Waals surface area contributed by atoms with Gasteiger partial charge in [-0.05, 0) is 42.0 Å². The number of nitrogens with zero attached hydrogens (tertiary/aromatic N) is 4. The minimum Gasteiger partial charge on any atom is -0.378 e. The van der Waals surface area contributed by atoms with Gasteiger partial charge in [0.1, 0.15) is 0 Å². The lowest BCUT2D eigenvalue weighted by atomic mass is 10.2. The van der Waals surface area contributed by atoms with Gasteiger partial charge in [-0.1, -0.05) is 45.9 Å². The highest BCUT2D eigenvalue weighted by molar-refractivity contribution is 9.10. The largest absolute Gasteiger partial charge is 0.378 e. The number of thioether (sulfide) groups is 1. The van der Waals surface area contributed by atoms with Gasteiger partial charge < -0.3 is 4.90 Å². The van der Waals surface area contributed by atoms with E-state index in [4.69, 9.17) is 0 Å². The quantitative estimate of drug-likeness (QED) is 0.380. The second-order valence-electron chi connectivity index (χ2n) is 6.06. The van der Waals surface area contributed by atoms with Gasteiger partial charge in [-0.15, -0.1) is 16.8 Å². The van der Waals surface area contributed by atoms with Gasteiger partial charge in [-0.25, -0.2) is 0 Å². The van der Waals surface area contributed by atoms with Gasteiger partial charge in [0.15, 0.2) is 11.0 Å². The molecule has 6 heteroatoms. The standard InChI is InChI=1S/C20H21BrN4S/c1-4-13-25-19(16-7-11-18(12-8-16)24(2)3)22-23-20(25)26-14-15-5-9-17(21)10-6-15/h4-12H,1,13-14H2,2-3H3. The minimum atomic E-state index is 0.681. The van der Waals surface area contributed by atoms with Crippen molar-refractivity contribution in [1.82, 2.24) is 14.8 Å². The molecule has 0 saturated heterocycles. The van der Waals surface area contributed by atoms with E-state index >= 15 is 0 Å². The van der Waals surface area contributed by atoms with Crippen molar-refractivity contribution in [3.8, 4) is 11.4 Å². The SMILES string of the molecule is C=CCn1c(SCc2ccc(Br)cc2)nnc1-c1ccc(N(C)C)cc1. The van der Waals surface area contributed by atoms with Crippen molar-refractivity contribution in [2.75, 3.05) is 19.0 Å². The monoisotopic (exact) mass is 428 g/mol. The van der Waals surface area contributed by atoms with Gasteiger partial charge in [-0.3, -0.25) is 4.57 Å². The highest BCUT2D eigenvalue weighted by Gasteiger charge is 2.14. The molecule has 134 valence electrons. The van der Waals surface area contributed by atoms with Crippen molar-refractivity contribution in [3.05, 3.63) is 71.2 Å². The Bertz CT molecular complexity index is 870. The summed E-state index contributed by atoms with van der Waals surface area (Å²) in [5, 5.41) is 9.74. The fourth-order valence-electron chi connectivity index (χ4n) is 2.54. The first-order chi connectivity index (χ1) is 12.6. The minimum absolute atomic E-state index is 0.681. The van der Waals surface area contributed by atoms with Crippen LogP contribution in [0.25, 0.3) is 11.4 Å². The molecule has 0 unspecified atom stereocenters. The maximum Gasteiger partial charge on any atom is 0.192 e. The lowest BCUT2D eigenvalue weighted by molar-refractivity contribution is 0.731. The molecule has 0 spiro atoms. The Hall–Kier alpha value is -2.05. The Morgan fingerprint density at radius 3 is 2.38 bits per heavy atom. The first-order valence-corrected chi connectivity index (χ1v) is 10.1. The third kappa shape index (κ3) is 4.37. The second-order valence-corrected chi connectivity index (χ2v) is 7.92. The molecule has 0 saturated carbocycles. The van der Waals surface area contributed by atoms with Crippen LogP contribution in [0.1, 0.15) is 5.56 Å². The number of aromatic nitrogens is 3. The molecule has 1 aromatic heterocycles. The number of benzene rings is 2. The predicted molar refractivity (Wildman–Crippen MR) is 114 cm³/mol. The molecule has 0 radical (unpaired) electrons. The molecule has 4 nitrogen and oxygen atoms in total. The van der Waals surface area contributed by atoms with Crippen molar-refractivity contribution in [2.45, 2.75) is 17.5 Å². The highest BCUT2D eigenvalue weighted by Crippen LogP contribution is 2.28. The molecule has 1 heterocycles. The van der Waals surface area contributed by atoms with E-state index in [9.17, 15) is 0 Å². The zero-order chi connectivity index (χ0) is 18.5. The number of hydrogen-bond acceptors (Lipinski definition) is 4. The first kappa shape index (κ1) is 18.7. The molecule has 0 atom stereocenters. The molecule has 26 heavy (non-hydrogen) atoms. The Kier molecular flexibility index (Phi) is 6.16. The Morgan fingerprint density at radius 1 is 1.08 bits per heavy atom. The van der Waals surface area contributed by atoms with Crippen LogP contribution in [0.3, 0.4) is 0 Å². The summed E-state index contributed by atoms with van der Waals surface area (Å²) in [6.45, 7) is 4.56. The van der Waals surface area contributed by atoms with Crippen LogP contribution in [0.5, 0.6) is 0 Å². The molecule has 2 aromatic carbocycles. The number of rotatable bonds is 7. The molecule has 0 aliphatic rings. The van der Waals surface area contributed by atoms with Gasteiger partial charge in [0, 0.05) is 42.1 Å². The van der Waals surface area contributed by atoms with E-state index in [0.29, 0.717) is 6.54 Å². The number of anilines is 1. The van der Waals surface area contributed by atoms with Crippen LogP contribution in [0, 0.1) is 0 Å². The zero-order valence-electron chi connectivity index (χ0n) is 14.9. The first-order valence-electron chi connectivity index (χ1n) is 8.27. The van der Waals surface area contributed by atoms with Gasteiger partial charge in [-0.2, -0.15) is 0 Å². The molecule has 3 rings (SSSR count). The van der Waals surface area contributed by atoms with E-state index in [1.165, 1.54) is 5.56 Å². The molecule has 0 amide bonds. The third-order valence-electron chi connectivity index (χ3n) is 3.95. The Balaban J connectivity index is 1.83. The lowest BCUT2D eigenvalue weighted by Crippen LogP contribution is -2.08. The average Bonchev–Trinajstić information content (AvgIpc) is 3.04. The van der Waals surface area contributed by atoms with Gasteiger partial charge in [0.2, 0.25) is 0 Å². The van der Waals surface area contributed by atoms with Gasteiger partial charge >= 0.3 is 0 Å². The summed E-state index contributed by atoms with van der Waals surface area (Å²) in [5.74, 6) is 1.72. The van der Waals surface area contributed by atoms with Gasteiger partial charge in [0.05, 0.1) is 0 Å². The predicted octanol–water partition coefficient (Wildman–Crippen LogP) is 5.25. The Labute approximate surface area is 167 Å². The van der Waals surface area contributed by atoms with Crippen LogP contribution in [0.4, 0.5) is 5.69 Å². The van der Waals surface area contributed by atoms with Crippen LogP contribution in [-0.2, 0) is 12.3 Å². The molecular weight excluding hydrogens is 408 g/mol. The summed E-state index contributed by atoms with van der Waals surface area (Å²) in [7, 11) is 4.07. The van der Waals surface area contributed by atoms with Crippen molar-refractivity contribution in [1.29, 1.82) is 0 Å². The van der Waals surface area contributed by atoms with Crippen molar-refractivity contribution >= 4 is 33.4 Å². The summed E-state index contributed by atoms with van der Waals surface area (Å²) in [6, 6.07) is 16.7. The van der Waals surface area contributed by atoms with Crippen LogP contribution >= 0.6 is 27.7 Å². The maximum atomic E-state index is 4.43. The summed E-state index contributed by atoms with van der Waals surface area (Å²) in [6.07, 6.45) is 1.88. The van der Waals surface area contributed by atoms with E-state index in [1.807, 2.05) is 20.2 Å². The van der Waals surface area contributed by atoms with Crippen molar-refractivity contribution in [3.63, 3.8) is 0 Å². The van der Waals surface area contributed by atoms with E-state index < -0.39 is 0 Å². The Morgan fingerprint density at radius 2 is 1.77 bits per heavy atom. The van der Waals surface area contributed by atoms with Crippen molar-refractivity contribution < 1.29 is 0 Å².